The predicted octanol–water partition coefficient (Wildman–Crippen LogP) is 2.04. The molecule has 0 aliphatic heterocycles. The molecule has 0 aliphatic carbocycles. The second kappa shape index (κ2) is 11.9. The van der Waals surface area contributed by atoms with Crippen LogP contribution in [0.1, 0.15) is 38.3 Å². The Morgan fingerprint density at radius 3 is 2.30 bits per heavy atom. The van der Waals surface area contributed by atoms with Gasteiger partial charge >= 0.3 is 0 Å². The van der Waals surface area contributed by atoms with E-state index in [0.717, 1.165) is 18.5 Å². The first kappa shape index (κ1) is 21.4. The zero-order valence-electron chi connectivity index (χ0n) is 14.1. The van der Waals surface area contributed by atoms with Gasteiger partial charge in [-0.15, -0.1) is 12.4 Å². The summed E-state index contributed by atoms with van der Waals surface area (Å²) in [7, 11) is 1.88. The molecule has 6 heteroatoms. The average Bonchev–Trinajstić information content (AvgIpc) is 2.49. The minimum atomic E-state index is -0.637. The first-order valence-electron chi connectivity index (χ1n) is 7.81. The van der Waals surface area contributed by atoms with E-state index in [9.17, 15) is 9.59 Å². The van der Waals surface area contributed by atoms with Crippen LogP contribution in [0.2, 0.25) is 0 Å². The zero-order valence-corrected chi connectivity index (χ0v) is 14.9. The summed E-state index contributed by atoms with van der Waals surface area (Å²) in [6, 6.07) is 8.70. The molecule has 0 saturated carbocycles. The normalized spacial score (nSPS) is 11.5. The largest absolute Gasteiger partial charge is 0.354 e. The van der Waals surface area contributed by atoms with Crippen molar-refractivity contribution in [1.82, 2.24) is 16.0 Å². The highest BCUT2D eigenvalue weighted by Gasteiger charge is 2.22. The van der Waals surface area contributed by atoms with Gasteiger partial charge < -0.3 is 16.0 Å². The summed E-state index contributed by atoms with van der Waals surface area (Å²) in [6.07, 6.45) is 1.26. The van der Waals surface area contributed by atoms with Crippen LogP contribution in [0.25, 0.3) is 0 Å². The van der Waals surface area contributed by atoms with Gasteiger partial charge in [-0.3, -0.25) is 9.59 Å². The van der Waals surface area contributed by atoms with E-state index in [0.29, 0.717) is 13.0 Å². The number of rotatable bonds is 9. The highest BCUT2D eigenvalue weighted by atomic mass is 35.5. The molecule has 130 valence electrons. The smallest absolute Gasteiger partial charge is 0.247 e. The molecular formula is C17H28ClN3O2. The van der Waals surface area contributed by atoms with Crippen LogP contribution in [0.15, 0.2) is 30.3 Å². The fourth-order valence-corrected chi connectivity index (χ4v) is 2.12. The third-order valence-corrected chi connectivity index (χ3v) is 3.20. The number of hydrogen-bond donors (Lipinski definition) is 3. The number of hydrogen-bond acceptors (Lipinski definition) is 3. The lowest BCUT2D eigenvalue weighted by Crippen LogP contribution is -2.41. The Balaban J connectivity index is 0.00000484. The van der Waals surface area contributed by atoms with Crippen LogP contribution in [0.3, 0.4) is 0 Å². The maximum absolute atomic E-state index is 12.4. The quantitative estimate of drug-likeness (QED) is 0.602. The Labute approximate surface area is 145 Å². The highest BCUT2D eigenvalue weighted by Crippen LogP contribution is 2.13. The molecule has 1 aromatic carbocycles. The molecule has 1 atom stereocenters. The zero-order chi connectivity index (χ0) is 16.4. The van der Waals surface area contributed by atoms with Crippen LogP contribution >= 0.6 is 12.4 Å². The van der Waals surface area contributed by atoms with Crippen molar-refractivity contribution in [2.75, 3.05) is 20.1 Å². The number of carbonyl (C=O) groups excluding carboxylic acids is 2. The second-order valence-corrected chi connectivity index (χ2v) is 5.76. The minimum absolute atomic E-state index is 0. The van der Waals surface area contributed by atoms with Crippen LogP contribution in [0.5, 0.6) is 0 Å². The van der Waals surface area contributed by atoms with E-state index < -0.39 is 6.04 Å². The molecule has 5 nitrogen and oxygen atoms in total. The second-order valence-electron chi connectivity index (χ2n) is 5.76. The molecule has 0 fully saturated rings. The molecule has 3 N–H and O–H groups in total. The highest BCUT2D eigenvalue weighted by molar-refractivity contribution is 5.88. The van der Waals surface area contributed by atoms with Crippen LogP contribution in [-0.2, 0) is 9.59 Å². The molecule has 0 radical (unpaired) electrons. The van der Waals surface area contributed by atoms with Gasteiger partial charge in [0, 0.05) is 13.0 Å². The van der Waals surface area contributed by atoms with Crippen molar-refractivity contribution >= 4 is 24.2 Å². The molecule has 0 heterocycles. The van der Waals surface area contributed by atoms with Gasteiger partial charge in [-0.05, 0) is 31.5 Å². The van der Waals surface area contributed by atoms with Gasteiger partial charge in [0.2, 0.25) is 11.8 Å². The predicted molar refractivity (Wildman–Crippen MR) is 95.6 cm³/mol. The lowest BCUT2D eigenvalue weighted by atomic mass is 10.0. The van der Waals surface area contributed by atoms with Gasteiger partial charge in [0.05, 0.1) is 0 Å². The molecular weight excluding hydrogens is 314 g/mol. The van der Waals surface area contributed by atoms with Gasteiger partial charge in [0.15, 0.2) is 0 Å². The van der Waals surface area contributed by atoms with Crippen molar-refractivity contribution in [3.63, 3.8) is 0 Å². The van der Waals surface area contributed by atoms with E-state index >= 15 is 0 Å². The Bertz CT molecular complexity index is 466. The third-order valence-electron chi connectivity index (χ3n) is 3.20. The summed E-state index contributed by atoms with van der Waals surface area (Å²) in [4.78, 5) is 24.4. The Kier molecular flexibility index (Phi) is 11.1. The number of halogens is 1. The van der Waals surface area contributed by atoms with E-state index in [1.807, 2.05) is 51.2 Å². The topological polar surface area (TPSA) is 70.2 Å². The fourth-order valence-electron chi connectivity index (χ4n) is 2.12. The molecule has 1 unspecified atom stereocenters. The monoisotopic (exact) mass is 341 g/mol. The Morgan fingerprint density at radius 1 is 1.09 bits per heavy atom. The first-order valence-corrected chi connectivity index (χ1v) is 7.81. The lowest BCUT2D eigenvalue weighted by Gasteiger charge is -2.19. The van der Waals surface area contributed by atoms with Crippen LogP contribution in [0, 0.1) is 5.92 Å². The Hall–Kier alpha value is -1.59. The van der Waals surface area contributed by atoms with E-state index in [1.165, 1.54) is 0 Å². The number of amides is 2. The summed E-state index contributed by atoms with van der Waals surface area (Å²) in [5.74, 6) is -0.0104. The summed E-state index contributed by atoms with van der Waals surface area (Å²) >= 11 is 0. The fraction of sp³-hybridized carbons (Fsp3) is 0.529. The van der Waals surface area contributed by atoms with Gasteiger partial charge in [0.25, 0.3) is 0 Å². The molecule has 0 spiro atoms. The van der Waals surface area contributed by atoms with Crippen molar-refractivity contribution in [2.24, 2.45) is 5.92 Å². The Morgan fingerprint density at radius 2 is 1.74 bits per heavy atom. The lowest BCUT2D eigenvalue weighted by molar-refractivity contribution is -0.129. The van der Waals surface area contributed by atoms with E-state index in [2.05, 4.69) is 16.0 Å². The van der Waals surface area contributed by atoms with Crippen molar-refractivity contribution in [1.29, 1.82) is 0 Å². The molecule has 1 aromatic rings. The first-order chi connectivity index (χ1) is 10.5. The molecule has 0 aromatic heterocycles. The maximum Gasteiger partial charge on any atom is 0.247 e. The van der Waals surface area contributed by atoms with Gasteiger partial charge in [0.1, 0.15) is 6.04 Å². The number of benzene rings is 1. The molecule has 2 amide bonds. The SMILES string of the molecule is CNCCCNC(=O)C(NC(=O)CC(C)C)c1ccccc1.Cl. The van der Waals surface area contributed by atoms with Crippen molar-refractivity contribution in [3.8, 4) is 0 Å². The molecule has 0 saturated heterocycles. The summed E-state index contributed by atoms with van der Waals surface area (Å²) in [5, 5.41) is 8.75. The van der Waals surface area contributed by atoms with Crippen molar-refractivity contribution in [3.05, 3.63) is 35.9 Å². The van der Waals surface area contributed by atoms with Crippen LogP contribution in [-0.4, -0.2) is 32.0 Å². The van der Waals surface area contributed by atoms with Crippen molar-refractivity contribution in [2.45, 2.75) is 32.7 Å². The van der Waals surface area contributed by atoms with Gasteiger partial charge in [-0.2, -0.15) is 0 Å². The van der Waals surface area contributed by atoms with Crippen LogP contribution in [0.4, 0.5) is 0 Å². The van der Waals surface area contributed by atoms with Crippen LogP contribution < -0.4 is 16.0 Å². The molecule has 0 aliphatic rings. The minimum Gasteiger partial charge on any atom is -0.354 e. The summed E-state index contributed by atoms with van der Waals surface area (Å²) < 4.78 is 0. The van der Waals surface area contributed by atoms with E-state index in [1.54, 1.807) is 0 Å². The van der Waals surface area contributed by atoms with Crippen molar-refractivity contribution < 1.29 is 9.59 Å². The van der Waals surface area contributed by atoms with E-state index in [-0.39, 0.29) is 30.1 Å². The van der Waals surface area contributed by atoms with Gasteiger partial charge in [-0.1, -0.05) is 44.2 Å². The average molecular weight is 342 g/mol. The van der Waals surface area contributed by atoms with Gasteiger partial charge in [-0.25, -0.2) is 0 Å². The maximum atomic E-state index is 12.4. The van der Waals surface area contributed by atoms with E-state index in [4.69, 9.17) is 0 Å². The molecule has 23 heavy (non-hydrogen) atoms. The summed E-state index contributed by atoms with van der Waals surface area (Å²) in [6.45, 7) is 5.39. The molecule has 0 bridgehead atoms. The third kappa shape index (κ3) is 8.57. The standard InChI is InChI=1S/C17H27N3O2.ClH/c1-13(2)12-15(21)20-16(14-8-5-4-6-9-14)17(22)19-11-7-10-18-3;/h4-6,8-9,13,16,18H,7,10-12H2,1-3H3,(H,19,22)(H,20,21);1H. The number of nitrogens with one attached hydrogen (secondary N) is 3. The summed E-state index contributed by atoms with van der Waals surface area (Å²) in [5.41, 5.74) is 0.797. The number of carbonyl (C=O) groups is 2. The molecule has 1 rings (SSSR count).